The minimum atomic E-state index is -0.290. The summed E-state index contributed by atoms with van der Waals surface area (Å²) >= 11 is 3.38. The van der Waals surface area contributed by atoms with Gasteiger partial charge in [0, 0.05) is 10.0 Å². The Morgan fingerprint density at radius 3 is 2.94 bits per heavy atom. The van der Waals surface area contributed by atoms with Crippen LogP contribution in [0.15, 0.2) is 27.8 Å². The van der Waals surface area contributed by atoms with Gasteiger partial charge in [-0.15, -0.1) is 0 Å². The van der Waals surface area contributed by atoms with E-state index < -0.39 is 0 Å². The van der Waals surface area contributed by atoms with Gasteiger partial charge in [0.25, 0.3) is 0 Å². The summed E-state index contributed by atoms with van der Waals surface area (Å²) in [6, 6.07) is 5.61. The van der Waals surface area contributed by atoms with E-state index in [1.165, 1.54) is 6.21 Å². The standard InChI is InChI=1S/C11H13BrN2O3/c12-9-1-2-10(8(5-9)6-14-13)17-7-11-15-3-4-16-11/h1-2,5-6,11H,3-4,7,13H2. The zero-order chi connectivity index (χ0) is 12.1. The first kappa shape index (κ1) is 12.3. The first-order valence-electron chi connectivity index (χ1n) is 5.18. The van der Waals surface area contributed by atoms with Crippen LogP contribution in [0.4, 0.5) is 0 Å². The third-order valence-corrected chi connectivity index (χ3v) is 2.74. The predicted octanol–water partition coefficient (Wildman–Crippen LogP) is 1.49. The molecule has 0 bridgehead atoms. The fourth-order valence-electron chi connectivity index (χ4n) is 1.49. The molecule has 2 N–H and O–H groups in total. The van der Waals surface area contributed by atoms with E-state index in [9.17, 15) is 0 Å². The molecule has 1 fully saturated rings. The largest absolute Gasteiger partial charge is 0.488 e. The van der Waals surface area contributed by atoms with Crippen molar-refractivity contribution in [3.63, 3.8) is 0 Å². The monoisotopic (exact) mass is 300 g/mol. The number of nitrogens with zero attached hydrogens (tertiary/aromatic N) is 1. The quantitative estimate of drug-likeness (QED) is 0.520. The molecule has 92 valence electrons. The van der Waals surface area contributed by atoms with Crippen molar-refractivity contribution in [1.82, 2.24) is 0 Å². The van der Waals surface area contributed by atoms with E-state index in [0.717, 1.165) is 10.0 Å². The molecule has 1 heterocycles. The molecule has 5 nitrogen and oxygen atoms in total. The van der Waals surface area contributed by atoms with E-state index in [2.05, 4.69) is 21.0 Å². The maximum atomic E-state index is 5.61. The fourth-order valence-corrected chi connectivity index (χ4v) is 1.87. The van der Waals surface area contributed by atoms with Crippen LogP contribution in [0.1, 0.15) is 5.56 Å². The molecule has 0 spiro atoms. The number of hydrogen-bond donors (Lipinski definition) is 1. The van der Waals surface area contributed by atoms with Crippen LogP contribution in [-0.2, 0) is 9.47 Å². The Morgan fingerprint density at radius 1 is 1.47 bits per heavy atom. The molecule has 0 saturated carbocycles. The SMILES string of the molecule is NN=Cc1cc(Br)ccc1OCC1OCCO1. The van der Waals surface area contributed by atoms with Crippen LogP contribution in [0, 0.1) is 0 Å². The average molecular weight is 301 g/mol. The molecule has 0 aromatic heterocycles. The van der Waals surface area contributed by atoms with Crippen molar-refractivity contribution in [2.75, 3.05) is 19.8 Å². The third kappa shape index (κ3) is 3.42. The van der Waals surface area contributed by atoms with Crippen molar-refractivity contribution < 1.29 is 14.2 Å². The van der Waals surface area contributed by atoms with Crippen molar-refractivity contribution in [3.8, 4) is 5.75 Å². The minimum Gasteiger partial charge on any atom is -0.488 e. The highest BCUT2D eigenvalue weighted by Crippen LogP contribution is 2.22. The Kier molecular flexibility index (Phi) is 4.36. The first-order valence-corrected chi connectivity index (χ1v) is 5.97. The summed E-state index contributed by atoms with van der Waals surface area (Å²) in [5.41, 5.74) is 0.805. The predicted molar refractivity (Wildman–Crippen MR) is 67.1 cm³/mol. The van der Waals surface area contributed by atoms with Gasteiger partial charge < -0.3 is 20.1 Å². The molecule has 0 radical (unpaired) electrons. The molecule has 2 rings (SSSR count). The number of hydrazone groups is 1. The van der Waals surface area contributed by atoms with Gasteiger partial charge in [-0.2, -0.15) is 5.10 Å². The number of rotatable bonds is 4. The van der Waals surface area contributed by atoms with Crippen LogP contribution in [-0.4, -0.2) is 32.3 Å². The highest BCUT2D eigenvalue weighted by atomic mass is 79.9. The van der Waals surface area contributed by atoms with Gasteiger partial charge in [-0.3, -0.25) is 0 Å². The number of benzene rings is 1. The van der Waals surface area contributed by atoms with Gasteiger partial charge in [-0.1, -0.05) is 15.9 Å². The maximum absolute atomic E-state index is 5.61. The van der Waals surface area contributed by atoms with Gasteiger partial charge in [-0.05, 0) is 18.2 Å². The van der Waals surface area contributed by atoms with Crippen LogP contribution >= 0.6 is 15.9 Å². The summed E-state index contributed by atoms with van der Waals surface area (Å²) in [7, 11) is 0. The lowest BCUT2D eigenvalue weighted by molar-refractivity contribution is -0.0684. The summed E-state index contributed by atoms with van der Waals surface area (Å²) in [6.45, 7) is 1.59. The van der Waals surface area contributed by atoms with Crippen molar-refractivity contribution in [2.45, 2.75) is 6.29 Å². The molecule has 1 aliphatic rings. The van der Waals surface area contributed by atoms with Crippen molar-refractivity contribution >= 4 is 22.1 Å². The zero-order valence-electron chi connectivity index (χ0n) is 9.14. The molecule has 0 aliphatic carbocycles. The number of ether oxygens (including phenoxy) is 3. The molecule has 1 aromatic carbocycles. The van der Waals surface area contributed by atoms with Crippen LogP contribution < -0.4 is 10.6 Å². The molecule has 0 atom stereocenters. The van der Waals surface area contributed by atoms with Gasteiger partial charge >= 0.3 is 0 Å². The molecule has 1 aromatic rings. The van der Waals surface area contributed by atoms with E-state index in [4.69, 9.17) is 20.1 Å². The van der Waals surface area contributed by atoms with Crippen LogP contribution in [0.5, 0.6) is 5.75 Å². The van der Waals surface area contributed by atoms with Crippen molar-refractivity contribution in [1.29, 1.82) is 0 Å². The van der Waals surface area contributed by atoms with Gasteiger partial charge in [0.1, 0.15) is 12.4 Å². The Morgan fingerprint density at radius 2 is 2.24 bits per heavy atom. The summed E-state index contributed by atoms with van der Waals surface area (Å²) < 4.78 is 17.1. The van der Waals surface area contributed by atoms with E-state index >= 15 is 0 Å². The van der Waals surface area contributed by atoms with Gasteiger partial charge in [0.15, 0.2) is 6.29 Å². The smallest absolute Gasteiger partial charge is 0.191 e. The van der Waals surface area contributed by atoms with E-state index in [-0.39, 0.29) is 6.29 Å². The van der Waals surface area contributed by atoms with Crippen molar-refractivity contribution in [3.05, 3.63) is 28.2 Å². The van der Waals surface area contributed by atoms with Crippen molar-refractivity contribution in [2.24, 2.45) is 10.9 Å². The van der Waals surface area contributed by atoms with E-state index in [1.807, 2.05) is 18.2 Å². The zero-order valence-corrected chi connectivity index (χ0v) is 10.7. The normalized spacial score (nSPS) is 16.8. The van der Waals surface area contributed by atoms with Crippen LogP contribution in [0.3, 0.4) is 0 Å². The highest BCUT2D eigenvalue weighted by Gasteiger charge is 2.17. The highest BCUT2D eigenvalue weighted by molar-refractivity contribution is 9.10. The van der Waals surface area contributed by atoms with Gasteiger partial charge in [0.05, 0.1) is 19.4 Å². The second-order valence-electron chi connectivity index (χ2n) is 3.44. The Hall–Kier alpha value is -1.11. The number of hydrogen-bond acceptors (Lipinski definition) is 5. The number of halogens is 1. The fraction of sp³-hybridized carbons (Fsp3) is 0.364. The van der Waals surface area contributed by atoms with Crippen LogP contribution in [0.2, 0.25) is 0 Å². The lowest BCUT2D eigenvalue weighted by Crippen LogP contribution is -2.18. The number of nitrogens with two attached hydrogens (primary N) is 1. The maximum Gasteiger partial charge on any atom is 0.191 e. The summed E-state index contributed by atoms with van der Waals surface area (Å²) in [4.78, 5) is 0. The molecule has 1 aliphatic heterocycles. The summed E-state index contributed by atoms with van der Waals surface area (Å²) in [6.07, 6.45) is 1.25. The van der Waals surface area contributed by atoms with Gasteiger partial charge in [0.2, 0.25) is 0 Å². The third-order valence-electron chi connectivity index (χ3n) is 2.25. The molecule has 17 heavy (non-hydrogen) atoms. The Labute approximate surface area is 108 Å². The Balaban J connectivity index is 2.03. The summed E-state index contributed by atoms with van der Waals surface area (Å²) in [5, 5.41) is 3.50. The summed E-state index contributed by atoms with van der Waals surface area (Å²) in [5.74, 6) is 5.84. The molecule has 1 saturated heterocycles. The lowest BCUT2D eigenvalue weighted by atomic mass is 10.2. The second-order valence-corrected chi connectivity index (χ2v) is 4.36. The Bertz CT molecular complexity index is 406. The average Bonchev–Trinajstić information content (AvgIpc) is 2.81. The lowest BCUT2D eigenvalue weighted by Gasteiger charge is -2.12. The second kappa shape index (κ2) is 6.00. The van der Waals surface area contributed by atoms with Gasteiger partial charge in [-0.25, -0.2) is 0 Å². The van der Waals surface area contributed by atoms with E-state index in [0.29, 0.717) is 25.6 Å². The van der Waals surface area contributed by atoms with Crippen LogP contribution in [0.25, 0.3) is 0 Å². The minimum absolute atomic E-state index is 0.290. The molecule has 0 amide bonds. The molecular weight excluding hydrogens is 288 g/mol. The molecule has 6 heteroatoms. The molecular formula is C11H13BrN2O3. The molecule has 0 unspecified atom stereocenters. The van der Waals surface area contributed by atoms with E-state index in [1.54, 1.807) is 0 Å². The topological polar surface area (TPSA) is 66.1 Å². The first-order chi connectivity index (χ1) is 8.29.